The monoisotopic (exact) mass is 263 g/mol. The summed E-state index contributed by atoms with van der Waals surface area (Å²) in [5, 5.41) is 11.1. The van der Waals surface area contributed by atoms with Gasteiger partial charge in [0, 0.05) is 6.04 Å². The first-order valence-corrected chi connectivity index (χ1v) is 6.54. The molecule has 2 heterocycles. The van der Waals surface area contributed by atoms with Crippen LogP contribution in [0.1, 0.15) is 33.6 Å². The summed E-state index contributed by atoms with van der Waals surface area (Å²) in [6.45, 7) is 6.59. The number of aromatic amines is 1. The van der Waals surface area contributed by atoms with Crippen molar-refractivity contribution < 1.29 is 0 Å². The van der Waals surface area contributed by atoms with Gasteiger partial charge in [-0.25, -0.2) is 5.84 Å². The quantitative estimate of drug-likeness (QED) is 0.468. The van der Waals surface area contributed by atoms with E-state index in [1.54, 1.807) is 6.20 Å². The van der Waals surface area contributed by atoms with E-state index in [0.29, 0.717) is 23.6 Å². The molecule has 0 saturated carbocycles. The van der Waals surface area contributed by atoms with Crippen molar-refractivity contribution >= 4 is 22.8 Å². The number of nitrogens with zero attached hydrogens (tertiary/aromatic N) is 3. The molecule has 0 saturated heterocycles. The highest BCUT2D eigenvalue weighted by atomic mass is 15.3. The Balaban J connectivity index is 2.16. The Kier molecular flexibility index (Phi) is 4.16. The average molecular weight is 263 g/mol. The topological polar surface area (TPSA) is 105 Å². The fourth-order valence-corrected chi connectivity index (χ4v) is 1.90. The molecular weight excluding hydrogens is 242 g/mol. The normalized spacial score (nSPS) is 12.9. The number of hydrazine groups is 1. The Morgan fingerprint density at radius 1 is 1.26 bits per heavy atom. The van der Waals surface area contributed by atoms with Gasteiger partial charge >= 0.3 is 0 Å². The largest absolute Gasteiger partial charge is 0.367 e. The third-order valence-corrected chi connectivity index (χ3v) is 3.00. The van der Waals surface area contributed by atoms with Gasteiger partial charge in [0.25, 0.3) is 0 Å². The smallest absolute Gasteiger partial charge is 0.241 e. The summed E-state index contributed by atoms with van der Waals surface area (Å²) in [5.41, 5.74) is 3.13. The van der Waals surface area contributed by atoms with Crippen LogP contribution in [0.2, 0.25) is 0 Å². The van der Waals surface area contributed by atoms with Crippen molar-refractivity contribution in [3.8, 4) is 0 Å². The second-order valence-electron chi connectivity index (χ2n) is 5.19. The van der Waals surface area contributed by atoms with Crippen LogP contribution in [0.5, 0.6) is 0 Å². The second kappa shape index (κ2) is 5.83. The molecule has 2 rings (SSSR count). The lowest BCUT2D eigenvalue weighted by Crippen LogP contribution is -2.18. The number of H-pyrrole nitrogens is 1. The number of nitrogens with two attached hydrogens (primary N) is 1. The van der Waals surface area contributed by atoms with Gasteiger partial charge in [-0.3, -0.25) is 10.5 Å². The zero-order chi connectivity index (χ0) is 13.8. The zero-order valence-corrected chi connectivity index (χ0v) is 11.6. The van der Waals surface area contributed by atoms with Crippen LogP contribution in [0.15, 0.2) is 6.20 Å². The number of aromatic nitrogens is 4. The molecule has 2 aromatic heterocycles. The average Bonchev–Trinajstić information content (AvgIpc) is 2.84. The van der Waals surface area contributed by atoms with Crippen molar-refractivity contribution in [1.29, 1.82) is 0 Å². The third-order valence-electron chi connectivity index (χ3n) is 3.00. The number of anilines is 2. The van der Waals surface area contributed by atoms with Crippen molar-refractivity contribution in [2.75, 3.05) is 10.7 Å². The molecule has 0 spiro atoms. The van der Waals surface area contributed by atoms with Crippen molar-refractivity contribution in [2.24, 2.45) is 11.8 Å². The lowest BCUT2D eigenvalue weighted by molar-refractivity contribution is 0.527. The van der Waals surface area contributed by atoms with Gasteiger partial charge < -0.3 is 5.32 Å². The lowest BCUT2D eigenvalue weighted by Gasteiger charge is -2.16. The molecule has 7 nitrogen and oxygen atoms in total. The molecule has 1 unspecified atom stereocenters. The van der Waals surface area contributed by atoms with Crippen LogP contribution in [-0.2, 0) is 0 Å². The molecule has 2 aromatic rings. The number of hydrogen-bond acceptors (Lipinski definition) is 6. The predicted molar refractivity (Wildman–Crippen MR) is 76.7 cm³/mol. The van der Waals surface area contributed by atoms with E-state index in [4.69, 9.17) is 5.84 Å². The van der Waals surface area contributed by atoms with Gasteiger partial charge in [-0.1, -0.05) is 13.8 Å². The molecule has 0 aliphatic heterocycles. The Hall–Kier alpha value is -1.89. The maximum Gasteiger partial charge on any atom is 0.241 e. The Morgan fingerprint density at radius 3 is 2.74 bits per heavy atom. The first-order chi connectivity index (χ1) is 9.10. The molecule has 0 aliphatic rings. The van der Waals surface area contributed by atoms with Crippen LogP contribution in [0.3, 0.4) is 0 Å². The highest BCUT2D eigenvalue weighted by molar-refractivity contribution is 5.87. The maximum atomic E-state index is 5.37. The molecule has 0 aliphatic carbocycles. The van der Waals surface area contributed by atoms with Gasteiger partial charge in [-0.2, -0.15) is 15.1 Å². The fraction of sp³-hybridized carbons (Fsp3) is 0.583. The van der Waals surface area contributed by atoms with E-state index in [0.717, 1.165) is 17.6 Å². The van der Waals surface area contributed by atoms with Gasteiger partial charge in [0.15, 0.2) is 5.65 Å². The molecular formula is C12H21N7. The number of nitrogens with one attached hydrogen (secondary N) is 3. The van der Waals surface area contributed by atoms with E-state index < -0.39 is 0 Å². The number of fused-ring (bicyclic) bond motifs is 1. The summed E-state index contributed by atoms with van der Waals surface area (Å²) in [4.78, 5) is 8.53. The van der Waals surface area contributed by atoms with E-state index in [1.807, 2.05) is 0 Å². The van der Waals surface area contributed by atoms with Crippen LogP contribution in [0.4, 0.5) is 11.8 Å². The van der Waals surface area contributed by atoms with Gasteiger partial charge in [0.2, 0.25) is 5.95 Å². The number of nitrogen functional groups attached to an aromatic ring is 1. The van der Waals surface area contributed by atoms with Crippen molar-refractivity contribution in [3.05, 3.63) is 6.20 Å². The van der Waals surface area contributed by atoms with E-state index in [9.17, 15) is 0 Å². The van der Waals surface area contributed by atoms with Crippen molar-refractivity contribution in [3.63, 3.8) is 0 Å². The summed E-state index contributed by atoms with van der Waals surface area (Å²) < 4.78 is 0. The van der Waals surface area contributed by atoms with Crippen LogP contribution >= 0.6 is 0 Å². The summed E-state index contributed by atoms with van der Waals surface area (Å²) in [5.74, 6) is 7.19. The SMILES string of the molecule is CC(C)CCC(C)Nc1nc(NN)nc2[nH]ncc12. The predicted octanol–water partition coefficient (Wildman–Crippen LogP) is 1.88. The van der Waals surface area contributed by atoms with Gasteiger partial charge in [0.1, 0.15) is 5.82 Å². The van der Waals surface area contributed by atoms with Gasteiger partial charge in [-0.05, 0) is 25.7 Å². The molecule has 0 amide bonds. The van der Waals surface area contributed by atoms with Crippen molar-refractivity contribution in [2.45, 2.75) is 39.7 Å². The minimum Gasteiger partial charge on any atom is -0.367 e. The zero-order valence-electron chi connectivity index (χ0n) is 11.6. The molecule has 0 radical (unpaired) electrons. The summed E-state index contributed by atoms with van der Waals surface area (Å²) >= 11 is 0. The van der Waals surface area contributed by atoms with E-state index in [1.165, 1.54) is 6.42 Å². The molecule has 0 aromatic carbocycles. The minimum atomic E-state index is 0.334. The first kappa shape index (κ1) is 13.5. The highest BCUT2D eigenvalue weighted by Crippen LogP contribution is 2.21. The molecule has 0 fully saturated rings. The van der Waals surface area contributed by atoms with Crippen LogP contribution in [0.25, 0.3) is 11.0 Å². The van der Waals surface area contributed by atoms with Gasteiger partial charge in [-0.15, -0.1) is 0 Å². The molecule has 1 atom stereocenters. The van der Waals surface area contributed by atoms with E-state index >= 15 is 0 Å². The van der Waals surface area contributed by atoms with Crippen molar-refractivity contribution in [1.82, 2.24) is 20.2 Å². The van der Waals surface area contributed by atoms with Crippen LogP contribution < -0.4 is 16.6 Å². The third kappa shape index (κ3) is 3.31. The first-order valence-electron chi connectivity index (χ1n) is 6.54. The van der Waals surface area contributed by atoms with Crippen LogP contribution in [0, 0.1) is 5.92 Å². The number of rotatable bonds is 6. The molecule has 0 bridgehead atoms. The van der Waals surface area contributed by atoms with Crippen LogP contribution in [-0.4, -0.2) is 26.2 Å². The standard InChI is InChI=1S/C12H21N7/c1-7(2)4-5-8(3)15-10-9-6-14-19-11(9)17-12(16-10)18-13/h6-8H,4-5,13H2,1-3H3,(H3,14,15,16,17,18,19). The van der Waals surface area contributed by atoms with Gasteiger partial charge in [0.05, 0.1) is 11.6 Å². The molecule has 7 heteroatoms. The maximum absolute atomic E-state index is 5.37. The Morgan fingerprint density at radius 2 is 2.05 bits per heavy atom. The Labute approximate surface area is 112 Å². The highest BCUT2D eigenvalue weighted by Gasteiger charge is 2.11. The van der Waals surface area contributed by atoms with E-state index in [2.05, 4.69) is 51.7 Å². The second-order valence-corrected chi connectivity index (χ2v) is 5.19. The Bertz CT molecular complexity index is 534. The molecule has 19 heavy (non-hydrogen) atoms. The fourth-order valence-electron chi connectivity index (χ4n) is 1.90. The summed E-state index contributed by atoms with van der Waals surface area (Å²) in [7, 11) is 0. The minimum absolute atomic E-state index is 0.334. The molecule has 5 N–H and O–H groups in total. The summed E-state index contributed by atoms with van der Waals surface area (Å²) in [6.07, 6.45) is 3.98. The summed E-state index contributed by atoms with van der Waals surface area (Å²) in [6, 6.07) is 0.334. The van der Waals surface area contributed by atoms with E-state index in [-0.39, 0.29) is 0 Å². The lowest BCUT2D eigenvalue weighted by atomic mass is 10.0. The number of hydrogen-bond donors (Lipinski definition) is 4. The molecule has 104 valence electrons.